The fourth-order valence-electron chi connectivity index (χ4n) is 1.63. The number of halogens is 4. The highest BCUT2D eigenvalue weighted by Crippen LogP contribution is 2.32. The summed E-state index contributed by atoms with van der Waals surface area (Å²) in [7, 11) is 0. The summed E-state index contributed by atoms with van der Waals surface area (Å²) in [6.07, 6.45) is 0. The molecule has 0 aliphatic carbocycles. The highest BCUT2D eigenvalue weighted by atomic mass is 35.5. The van der Waals surface area contributed by atoms with E-state index in [0.29, 0.717) is 21.0 Å². The van der Waals surface area contributed by atoms with Crippen molar-refractivity contribution in [3.05, 3.63) is 38.2 Å². The van der Waals surface area contributed by atoms with Crippen molar-refractivity contribution in [1.29, 1.82) is 0 Å². The van der Waals surface area contributed by atoms with E-state index < -0.39 is 0 Å². The Morgan fingerprint density at radius 3 is 2.21 bits per heavy atom. The Morgan fingerprint density at radius 2 is 1.63 bits per heavy atom. The summed E-state index contributed by atoms with van der Waals surface area (Å²) in [5, 5.41) is 5.41. The first-order valence-corrected chi connectivity index (χ1v) is 6.99. The molecule has 2 rings (SSSR count). The number of aromatic nitrogens is 3. The molecular formula is C12H11Cl4N3. The molecule has 7 heteroatoms. The summed E-state index contributed by atoms with van der Waals surface area (Å²) in [5.41, 5.74) is 0.711. The van der Waals surface area contributed by atoms with E-state index in [4.69, 9.17) is 46.4 Å². The molecule has 0 unspecified atom stereocenters. The van der Waals surface area contributed by atoms with E-state index in [1.807, 2.05) is 20.8 Å². The van der Waals surface area contributed by atoms with Gasteiger partial charge in [0.15, 0.2) is 11.0 Å². The fraction of sp³-hybridized carbons (Fsp3) is 0.333. The highest BCUT2D eigenvalue weighted by molar-refractivity contribution is 6.42. The van der Waals surface area contributed by atoms with Crippen LogP contribution in [0.5, 0.6) is 0 Å². The standard InChI is InChI=1S/C12H11Cl4N3/c1-12(2,3)8-5-9(15)18-19(8)11-7(14)4-6(13)10(16)17-11/h4-5H,1-3H3. The maximum atomic E-state index is 6.16. The minimum atomic E-state index is -0.169. The van der Waals surface area contributed by atoms with Crippen molar-refractivity contribution in [2.75, 3.05) is 0 Å². The maximum Gasteiger partial charge on any atom is 0.174 e. The number of nitrogens with zero attached hydrogens (tertiary/aromatic N) is 3. The Labute approximate surface area is 131 Å². The molecule has 0 spiro atoms. The third-order valence-corrected chi connectivity index (χ3v) is 3.65. The molecule has 0 amide bonds. The Bertz CT molecular complexity index is 629. The van der Waals surface area contributed by atoms with Crippen LogP contribution >= 0.6 is 46.4 Å². The lowest BCUT2D eigenvalue weighted by Crippen LogP contribution is -2.18. The maximum absolute atomic E-state index is 6.16. The van der Waals surface area contributed by atoms with Crippen LogP contribution in [0.1, 0.15) is 26.5 Å². The van der Waals surface area contributed by atoms with E-state index >= 15 is 0 Å². The van der Waals surface area contributed by atoms with Crippen molar-refractivity contribution >= 4 is 46.4 Å². The van der Waals surface area contributed by atoms with Gasteiger partial charge in [0.1, 0.15) is 5.15 Å². The molecule has 0 saturated carbocycles. The third kappa shape index (κ3) is 3.00. The first-order chi connectivity index (χ1) is 8.70. The highest BCUT2D eigenvalue weighted by Gasteiger charge is 2.23. The summed E-state index contributed by atoms with van der Waals surface area (Å²) in [6, 6.07) is 3.32. The van der Waals surface area contributed by atoms with E-state index in [0.717, 1.165) is 5.69 Å². The second kappa shape index (κ2) is 5.13. The topological polar surface area (TPSA) is 30.7 Å². The molecule has 0 saturated heterocycles. The molecule has 2 aromatic rings. The predicted octanol–water partition coefficient (Wildman–Crippen LogP) is 5.18. The Hall–Kier alpha value is -0.480. The van der Waals surface area contributed by atoms with Crippen LogP contribution in [0.2, 0.25) is 20.4 Å². The Balaban J connectivity index is 2.69. The second-order valence-electron chi connectivity index (χ2n) is 5.08. The van der Waals surface area contributed by atoms with Crippen LogP contribution in [-0.4, -0.2) is 14.8 Å². The van der Waals surface area contributed by atoms with E-state index in [2.05, 4.69) is 10.1 Å². The normalized spacial score (nSPS) is 11.9. The molecule has 3 nitrogen and oxygen atoms in total. The van der Waals surface area contributed by atoms with Crippen molar-refractivity contribution in [2.24, 2.45) is 0 Å². The van der Waals surface area contributed by atoms with Gasteiger partial charge in [0, 0.05) is 5.41 Å². The van der Waals surface area contributed by atoms with E-state index in [1.165, 1.54) is 6.07 Å². The van der Waals surface area contributed by atoms with Crippen molar-refractivity contribution in [3.8, 4) is 5.82 Å². The summed E-state index contributed by atoms with van der Waals surface area (Å²) in [4.78, 5) is 4.17. The predicted molar refractivity (Wildman–Crippen MR) is 80.1 cm³/mol. The van der Waals surface area contributed by atoms with Gasteiger partial charge in [-0.25, -0.2) is 9.67 Å². The van der Waals surface area contributed by atoms with Crippen LogP contribution in [0.25, 0.3) is 5.82 Å². The minimum Gasteiger partial charge on any atom is -0.216 e. The number of pyridine rings is 1. The molecule has 0 aliphatic rings. The second-order valence-corrected chi connectivity index (χ2v) is 6.64. The first kappa shape index (κ1) is 14.9. The molecule has 0 aromatic carbocycles. The lowest BCUT2D eigenvalue weighted by molar-refractivity contribution is 0.541. The average molecular weight is 339 g/mol. The molecule has 19 heavy (non-hydrogen) atoms. The van der Waals surface area contributed by atoms with Crippen LogP contribution in [0.15, 0.2) is 12.1 Å². The smallest absolute Gasteiger partial charge is 0.174 e. The van der Waals surface area contributed by atoms with E-state index in [-0.39, 0.29) is 10.6 Å². The molecule has 102 valence electrons. The zero-order valence-electron chi connectivity index (χ0n) is 10.5. The molecule has 0 bridgehead atoms. The van der Waals surface area contributed by atoms with Gasteiger partial charge in [-0.05, 0) is 12.1 Å². The van der Waals surface area contributed by atoms with Crippen molar-refractivity contribution in [2.45, 2.75) is 26.2 Å². The molecule has 0 atom stereocenters. The lowest BCUT2D eigenvalue weighted by atomic mass is 9.92. The van der Waals surface area contributed by atoms with Crippen LogP contribution in [0, 0.1) is 0 Å². The number of hydrogen-bond acceptors (Lipinski definition) is 2. The molecule has 0 N–H and O–H groups in total. The van der Waals surface area contributed by atoms with Gasteiger partial charge in [-0.2, -0.15) is 5.10 Å². The monoisotopic (exact) mass is 337 g/mol. The zero-order valence-corrected chi connectivity index (χ0v) is 13.5. The third-order valence-electron chi connectivity index (χ3n) is 2.52. The first-order valence-electron chi connectivity index (χ1n) is 5.48. The van der Waals surface area contributed by atoms with Gasteiger partial charge in [0.2, 0.25) is 0 Å². The molecule has 2 aromatic heterocycles. The van der Waals surface area contributed by atoms with Gasteiger partial charge >= 0.3 is 0 Å². The van der Waals surface area contributed by atoms with Gasteiger partial charge in [-0.1, -0.05) is 67.2 Å². The van der Waals surface area contributed by atoms with Gasteiger partial charge in [-0.15, -0.1) is 0 Å². The molecule has 0 aliphatic heterocycles. The van der Waals surface area contributed by atoms with Crippen LogP contribution in [0.3, 0.4) is 0 Å². The largest absolute Gasteiger partial charge is 0.216 e. The average Bonchev–Trinajstić information content (AvgIpc) is 2.65. The minimum absolute atomic E-state index is 0.169. The SMILES string of the molecule is CC(C)(C)c1cc(Cl)nn1-c1nc(Cl)c(Cl)cc1Cl. The van der Waals surface area contributed by atoms with Crippen LogP contribution < -0.4 is 0 Å². The Morgan fingerprint density at radius 1 is 1.00 bits per heavy atom. The molecule has 0 radical (unpaired) electrons. The zero-order chi connectivity index (χ0) is 14.4. The lowest BCUT2D eigenvalue weighted by Gasteiger charge is -2.20. The molecule has 2 heterocycles. The molecule has 0 fully saturated rings. The number of hydrogen-bond donors (Lipinski definition) is 0. The van der Waals surface area contributed by atoms with Crippen molar-refractivity contribution < 1.29 is 0 Å². The summed E-state index contributed by atoms with van der Waals surface area (Å²) < 4.78 is 1.59. The van der Waals surface area contributed by atoms with Gasteiger partial charge in [0.05, 0.1) is 15.7 Å². The van der Waals surface area contributed by atoms with E-state index in [1.54, 1.807) is 10.7 Å². The van der Waals surface area contributed by atoms with E-state index in [9.17, 15) is 0 Å². The molecular weight excluding hydrogens is 328 g/mol. The summed E-state index contributed by atoms with van der Waals surface area (Å²) >= 11 is 23.9. The van der Waals surface area contributed by atoms with Crippen LogP contribution in [0.4, 0.5) is 0 Å². The summed E-state index contributed by atoms with van der Waals surface area (Å²) in [5.74, 6) is 0.410. The van der Waals surface area contributed by atoms with Gasteiger partial charge in [-0.3, -0.25) is 0 Å². The quantitative estimate of drug-likeness (QED) is 0.671. The Kier molecular flexibility index (Phi) is 4.03. The van der Waals surface area contributed by atoms with Gasteiger partial charge < -0.3 is 0 Å². The summed E-state index contributed by atoms with van der Waals surface area (Å²) in [6.45, 7) is 6.13. The van der Waals surface area contributed by atoms with Crippen molar-refractivity contribution in [3.63, 3.8) is 0 Å². The van der Waals surface area contributed by atoms with Gasteiger partial charge in [0.25, 0.3) is 0 Å². The fourth-order valence-corrected chi connectivity index (χ4v) is 2.38. The van der Waals surface area contributed by atoms with Crippen LogP contribution in [-0.2, 0) is 5.41 Å². The van der Waals surface area contributed by atoms with Crippen molar-refractivity contribution in [1.82, 2.24) is 14.8 Å². The number of rotatable bonds is 1.